The van der Waals surface area contributed by atoms with Crippen LogP contribution in [-0.2, 0) is 9.59 Å². The highest BCUT2D eigenvalue weighted by molar-refractivity contribution is 6.35. The Balaban J connectivity index is 2.37. The molecule has 0 saturated heterocycles. The standard InChI is InChI=1S/C12H13Cl2NO3/c13-8-5-9(14)7-10(6-8)15-11(16)3-1-2-4-12(17)18/h5-7H,1-4H2,(H,15,16)(H,17,18). The van der Waals surface area contributed by atoms with Gasteiger partial charge >= 0.3 is 5.97 Å². The Labute approximate surface area is 115 Å². The molecule has 0 aliphatic heterocycles. The Kier molecular flexibility index (Phi) is 5.95. The molecule has 0 saturated carbocycles. The summed E-state index contributed by atoms with van der Waals surface area (Å²) in [5, 5.41) is 12.0. The maximum Gasteiger partial charge on any atom is 0.303 e. The van der Waals surface area contributed by atoms with Crippen molar-refractivity contribution in [3.63, 3.8) is 0 Å². The van der Waals surface area contributed by atoms with Crippen molar-refractivity contribution in [2.24, 2.45) is 0 Å². The fourth-order valence-corrected chi connectivity index (χ4v) is 1.94. The van der Waals surface area contributed by atoms with Crippen LogP contribution in [0.2, 0.25) is 10.0 Å². The quantitative estimate of drug-likeness (QED) is 0.787. The van der Waals surface area contributed by atoms with E-state index in [1.807, 2.05) is 0 Å². The van der Waals surface area contributed by atoms with Crippen LogP contribution in [0, 0.1) is 0 Å². The van der Waals surface area contributed by atoms with Crippen LogP contribution in [0.15, 0.2) is 18.2 Å². The van der Waals surface area contributed by atoms with Gasteiger partial charge in [0.2, 0.25) is 5.91 Å². The molecule has 2 N–H and O–H groups in total. The topological polar surface area (TPSA) is 66.4 Å². The van der Waals surface area contributed by atoms with Crippen molar-refractivity contribution in [2.45, 2.75) is 25.7 Å². The molecule has 1 amide bonds. The molecule has 0 heterocycles. The largest absolute Gasteiger partial charge is 0.481 e. The first kappa shape index (κ1) is 14.8. The molecule has 0 radical (unpaired) electrons. The highest BCUT2D eigenvalue weighted by atomic mass is 35.5. The number of nitrogens with one attached hydrogen (secondary N) is 1. The summed E-state index contributed by atoms with van der Waals surface area (Å²) in [5.41, 5.74) is 0.538. The third-order valence-corrected chi connectivity index (χ3v) is 2.63. The summed E-state index contributed by atoms with van der Waals surface area (Å²) in [6.45, 7) is 0. The van der Waals surface area contributed by atoms with Gasteiger partial charge in [-0.2, -0.15) is 0 Å². The summed E-state index contributed by atoms with van der Waals surface area (Å²) in [4.78, 5) is 21.8. The minimum atomic E-state index is -0.850. The first-order valence-electron chi connectivity index (χ1n) is 5.45. The van der Waals surface area contributed by atoms with E-state index in [0.717, 1.165) is 0 Å². The molecule has 1 aromatic carbocycles. The van der Waals surface area contributed by atoms with E-state index >= 15 is 0 Å². The lowest BCUT2D eigenvalue weighted by Gasteiger charge is -2.06. The van der Waals surface area contributed by atoms with E-state index < -0.39 is 5.97 Å². The number of hydrogen-bond acceptors (Lipinski definition) is 2. The number of halogens is 2. The molecule has 1 aromatic rings. The van der Waals surface area contributed by atoms with Crippen molar-refractivity contribution < 1.29 is 14.7 Å². The Morgan fingerprint density at radius 1 is 1.06 bits per heavy atom. The third-order valence-electron chi connectivity index (χ3n) is 2.19. The van der Waals surface area contributed by atoms with Crippen molar-refractivity contribution in [2.75, 3.05) is 5.32 Å². The maximum atomic E-state index is 11.5. The molecule has 6 heteroatoms. The van der Waals surface area contributed by atoms with E-state index in [4.69, 9.17) is 28.3 Å². The molecule has 0 aromatic heterocycles. The Morgan fingerprint density at radius 3 is 2.17 bits per heavy atom. The lowest BCUT2D eigenvalue weighted by Crippen LogP contribution is -2.11. The molecule has 0 fully saturated rings. The van der Waals surface area contributed by atoms with Gasteiger partial charge in [0.15, 0.2) is 0 Å². The zero-order valence-electron chi connectivity index (χ0n) is 9.58. The van der Waals surface area contributed by atoms with E-state index in [2.05, 4.69) is 5.32 Å². The smallest absolute Gasteiger partial charge is 0.303 e. The van der Waals surface area contributed by atoms with E-state index in [-0.39, 0.29) is 18.7 Å². The lowest BCUT2D eigenvalue weighted by atomic mass is 10.2. The summed E-state index contributed by atoms with van der Waals surface area (Å²) < 4.78 is 0. The van der Waals surface area contributed by atoms with Crippen LogP contribution >= 0.6 is 23.2 Å². The highest BCUT2D eigenvalue weighted by Gasteiger charge is 2.05. The fourth-order valence-electron chi connectivity index (χ4n) is 1.41. The molecule has 0 unspecified atom stereocenters. The molecule has 0 aliphatic rings. The zero-order valence-corrected chi connectivity index (χ0v) is 11.1. The van der Waals surface area contributed by atoms with Crippen molar-refractivity contribution in [3.8, 4) is 0 Å². The molecular weight excluding hydrogens is 277 g/mol. The summed E-state index contributed by atoms with van der Waals surface area (Å²) in [7, 11) is 0. The number of carbonyl (C=O) groups excluding carboxylic acids is 1. The van der Waals surface area contributed by atoms with Gasteiger partial charge in [-0.25, -0.2) is 0 Å². The number of rotatable bonds is 6. The molecule has 98 valence electrons. The number of carboxylic acids is 1. The van der Waals surface area contributed by atoms with Crippen molar-refractivity contribution in [1.82, 2.24) is 0 Å². The number of aliphatic carboxylic acids is 1. The van der Waals surface area contributed by atoms with Gasteiger partial charge in [0.1, 0.15) is 0 Å². The van der Waals surface area contributed by atoms with Crippen LogP contribution in [0.25, 0.3) is 0 Å². The predicted molar refractivity (Wildman–Crippen MR) is 71.2 cm³/mol. The summed E-state index contributed by atoms with van der Waals surface area (Å²) in [5.74, 6) is -1.03. The van der Waals surface area contributed by atoms with Gasteiger partial charge in [-0.05, 0) is 31.0 Å². The summed E-state index contributed by atoms with van der Waals surface area (Å²) in [6.07, 6.45) is 1.37. The SMILES string of the molecule is O=C(O)CCCCC(=O)Nc1cc(Cl)cc(Cl)c1. The molecule has 18 heavy (non-hydrogen) atoms. The van der Waals surface area contributed by atoms with Gasteiger partial charge in [-0.15, -0.1) is 0 Å². The van der Waals surface area contributed by atoms with E-state index in [1.165, 1.54) is 0 Å². The van der Waals surface area contributed by atoms with Crippen LogP contribution in [-0.4, -0.2) is 17.0 Å². The van der Waals surface area contributed by atoms with Gasteiger partial charge in [-0.3, -0.25) is 9.59 Å². The molecule has 0 aliphatic carbocycles. The average Bonchev–Trinajstić information content (AvgIpc) is 2.22. The monoisotopic (exact) mass is 289 g/mol. The number of amides is 1. The zero-order chi connectivity index (χ0) is 13.5. The molecular formula is C12H13Cl2NO3. The van der Waals surface area contributed by atoms with Crippen LogP contribution in [0.1, 0.15) is 25.7 Å². The second-order valence-electron chi connectivity index (χ2n) is 3.81. The number of hydrogen-bond donors (Lipinski definition) is 2. The third kappa shape index (κ3) is 5.89. The molecule has 1 rings (SSSR count). The lowest BCUT2D eigenvalue weighted by molar-refractivity contribution is -0.137. The second-order valence-corrected chi connectivity index (χ2v) is 4.68. The fraction of sp³-hybridized carbons (Fsp3) is 0.333. The van der Waals surface area contributed by atoms with Gasteiger partial charge in [0.25, 0.3) is 0 Å². The number of anilines is 1. The molecule has 0 atom stereocenters. The molecule has 0 bridgehead atoms. The van der Waals surface area contributed by atoms with Crippen molar-refractivity contribution in [1.29, 1.82) is 0 Å². The van der Waals surface area contributed by atoms with Gasteiger partial charge in [-0.1, -0.05) is 23.2 Å². The van der Waals surface area contributed by atoms with Gasteiger partial charge < -0.3 is 10.4 Å². The second kappa shape index (κ2) is 7.24. The number of carboxylic acid groups (broad SMARTS) is 1. The van der Waals surface area contributed by atoms with Crippen LogP contribution in [0.4, 0.5) is 5.69 Å². The minimum Gasteiger partial charge on any atom is -0.481 e. The number of carbonyl (C=O) groups is 2. The predicted octanol–water partition coefficient (Wildman–Crippen LogP) is 3.58. The van der Waals surface area contributed by atoms with Crippen LogP contribution < -0.4 is 5.32 Å². The van der Waals surface area contributed by atoms with Gasteiger partial charge in [0.05, 0.1) is 0 Å². The van der Waals surface area contributed by atoms with E-state index in [1.54, 1.807) is 18.2 Å². The first-order valence-corrected chi connectivity index (χ1v) is 6.20. The van der Waals surface area contributed by atoms with Crippen LogP contribution in [0.5, 0.6) is 0 Å². The first-order chi connectivity index (χ1) is 8.47. The van der Waals surface area contributed by atoms with Crippen molar-refractivity contribution >= 4 is 40.8 Å². The summed E-state index contributed by atoms with van der Waals surface area (Å²) in [6, 6.07) is 4.77. The highest BCUT2D eigenvalue weighted by Crippen LogP contribution is 2.22. The number of benzene rings is 1. The Hall–Kier alpha value is -1.26. The average molecular weight is 290 g/mol. The molecule has 0 spiro atoms. The summed E-state index contributed by atoms with van der Waals surface area (Å²) >= 11 is 11.6. The molecule has 4 nitrogen and oxygen atoms in total. The maximum absolute atomic E-state index is 11.5. The van der Waals surface area contributed by atoms with E-state index in [9.17, 15) is 9.59 Å². The Morgan fingerprint density at radius 2 is 1.61 bits per heavy atom. The van der Waals surface area contributed by atoms with Crippen LogP contribution in [0.3, 0.4) is 0 Å². The van der Waals surface area contributed by atoms with Crippen molar-refractivity contribution in [3.05, 3.63) is 28.2 Å². The normalized spacial score (nSPS) is 10.1. The Bertz CT molecular complexity index is 429. The van der Waals surface area contributed by atoms with E-state index in [0.29, 0.717) is 28.6 Å². The minimum absolute atomic E-state index is 0.0796. The van der Waals surface area contributed by atoms with Gasteiger partial charge in [0, 0.05) is 28.6 Å². The number of unbranched alkanes of at least 4 members (excludes halogenated alkanes) is 1.